The van der Waals surface area contributed by atoms with Crippen LogP contribution in [0.4, 0.5) is 0 Å². The van der Waals surface area contributed by atoms with Gasteiger partial charge in [-0.15, -0.1) is 0 Å². The van der Waals surface area contributed by atoms with Crippen LogP contribution in [0.15, 0.2) is 12.2 Å². The van der Waals surface area contributed by atoms with E-state index in [1.165, 1.54) is 51.0 Å². The van der Waals surface area contributed by atoms with Gasteiger partial charge in [-0.1, -0.05) is 57.9 Å². The average molecular weight is 351 g/mol. The number of esters is 1. The van der Waals surface area contributed by atoms with Gasteiger partial charge in [-0.25, -0.2) is 4.79 Å². The van der Waals surface area contributed by atoms with E-state index in [1.807, 2.05) is 13.0 Å². The Hall–Kier alpha value is -1.12. The van der Waals surface area contributed by atoms with Crippen LogP contribution in [0.5, 0.6) is 0 Å². The van der Waals surface area contributed by atoms with Gasteiger partial charge in [0.15, 0.2) is 0 Å². The largest absolute Gasteiger partial charge is 0.463 e. The number of carbonyl (C=O) groups excluding carboxylic acids is 2. The molecule has 1 aliphatic rings. The molecular formula is C22H38O3. The second-order valence-electron chi connectivity index (χ2n) is 7.37. The van der Waals surface area contributed by atoms with E-state index in [0.29, 0.717) is 24.2 Å². The van der Waals surface area contributed by atoms with Gasteiger partial charge in [-0.05, 0) is 44.9 Å². The lowest BCUT2D eigenvalue weighted by Crippen LogP contribution is -2.14. The molecule has 0 heterocycles. The van der Waals surface area contributed by atoms with Gasteiger partial charge in [-0.2, -0.15) is 0 Å². The van der Waals surface area contributed by atoms with E-state index in [-0.39, 0.29) is 5.97 Å². The average Bonchev–Trinajstić information content (AvgIpc) is 2.94. The molecule has 2 atom stereocenters. The maximum absolute atomic E-state index is 12.2. The van der Waals surface area contributed by atoms with Crippen LogP contribution in [-0.4, -0.2) is 18.4 Å². The molecule has 1 rings (SSSR count). The summed E-state index contributed by atoms with van der Waals surface area (Å²) in [7, 11) is 0. The molecular weight excluding hydrogens is 312 g/mol. The van der Waals surface area contributed by atoms with Crippen molar-refractivity contribution in [2.75, 3.05) is 6.61 Å². The Morgan fingerprint density at radius 3 is 2.52 bits per heavy atom. The smallest absolute Gasteiger partial charge is 0.330 e. The van der Waals surface area contributed by atoms with Crippen LogP contribution in [0.3, 0.4) is 0 Å². The summed E-state index contributed by atoms with van der Waals surface area (Å²) >= 11 is 0. The number of carbonyl (C=O) groups is 2. The van der Waals surface area contributed by atoms with Gasteiger partial charge >= 0.3 is 5.97 Å². The van der Waals surface area contributed by atoms with Crippen molar-refractivity contribution < 1.29 is 14.3 Å². The number of ketones is 1. The van der Waals surface area contributed by atoms with Gasteiger partial charge in [-0.3, -0.25) is 4.79 Å². The summed E-state index contributed by atoms with van der Waals surface area (Å²) in [5.41, 5.74) is 0. The molecule has 1 aliphatic carbocycles. The number of hydrogen-bond acceptors (Lipinski definition) is 3. The Morgan fingerprint density at radius 1 is 1.04 bits per heavy atom. The summed E-state index contributed by atoms with van der Waals surface area (Å²) in [6.07, 6.45) is 18.6. The van der Waals surface area contributed by atoms with Gasteiger partial charge in [0.25, 0.3) is 0 Å². The molecule has 3 nitrogen and oxygen atoms in total. The first-order valence-electron chi connectivity index (χ1n) is 10.5. The molecule has 0 aliphatic heterocycles. The maximum Gasteiger partial charge on any atom is 0.330 e. The van der Waals surface area contributed by atoms with Crippen LogP contribution >= 0.6 is 0 Å². The lowest BCUT2D eigenvalue weighted by molar-refractivity contribution is -0.137. The Bertz CT molecular complexity index is 400. The molecule has 1 fully saturated rings. The van der Waals surface area contributed by atoms with E-state index >= 15 is 0 Å². The van der Waals surface area contributed by atoms with Crippen LogP contribution in [0, 0.1) is 11.8 Å². The number of allylic oxidation sites excluding steroid dienone is 1. The summed E-state index contributed by atoms with van der Waals surface area (Å²) in [6.45, 7) is 4.49. The zero-order chi connectivity index (χ0) is 18.3. The third kappa shape index (κ3) is 9.81. The molecule has 0 bridgehead atoms. The molecule has 0 unspecified atom stereocenters. The van der Waals surface area contributed by atoms with Crippen molar-refractivity contribution in [3.8, 4) is 0 Å². The fourth-order valence-corrected chi connectivity index (χ4v) is 3.90. The zero-order valence-corrected chi connectivity index (χ0v) is 16.4. The fourth-order valence-electron chi connectivity index (χ4n) is 3.90. The first-order chi connectivity index (χ1) is 12.2. The minimum absolute atomic E-state index is 0.257. The van der Waals surface area contributed by atoms with Crippen molar-refractivity contribution in [1.29, 1.82) is 0 Å². The van der Waals surface area contributed by atoms with Crippen molar-refractivity contribution >= 4 is 11.8 Å². The number of unbranched alkanes of at least 4 members (excludes halogenated alkanes) is 7. The third-order valence-corrected chi connectivity index (χ3v) is 5.35. The van der Waals surface area contributed by atoms with E-state index < -0.39 is 0 Å². The van der Waals surface area contributed by atoms with Gasteiger partial charge in [0.05, 0.1) is 6.61 Å². The van der Waals surface area contributed by atoms with Gasteiger partial charge < -0.3 is 4.74 Å². The summed E-state index contributed by atoms with van der Waals surface area (Å²) < 4.78 is 4.86. The molecule has 1 saturated carbocycles. The predicted octanol–water partition coefficient (Wildman–Crippen LogP) is 6.01. The molecule has 25 heavy (non-hydrogen) atoms. The molecule has 0 amide bonds. The lowest BCUT2D eigenvalue weighted by Gasteiger charge is -2.18. The maximum atomic E-state index is 12.2. The predicted molar refractivity (Wildman–Crippen MR) is 103 cm³/mol. The van der Waals surface area contributed by atoms with E-state index in [4.69, 9.17) is 4.74 Å². The zero-order valence-electron chi connectivity index (χ0n) is 16.4. The summed E-state index contributed by atoms with van der Waals surface area (Å²) in [6, 6.07) is 0. The third-order valence-electron chi connectivity index (χ3n) is 5.35. The monoisotopic (exact) mass is 350 g/mol. The minimum atomic E-state index is -0.257. The summed E-state index contributed by atoms with van der Waals surface area (Å²) in [5, 5.41) is 0. The van der Waals surface area contributed by atoms with Crippen molar-refractivity contribution in [2.45, 2.75) is 97.3 Å². The highest BCUT2D eigenvalue weighted by Gasteiger charge is 2.33. The molecule has 144 valence electrons. The molecule has 3 heteroatoms. The molecule has 0 aromatic rings. The topological polar surface area (TPSA) is 43.4 Å². The van der Waals surface area contributed by atoms with Crippen LogP contribution in [0.1, 0.15) is 97.3 Å². The van der Waals surface area contributed by atoms with Crippen molar-refractivity contribution in [2.24, 2.45) is 11.8 Å². The number of hydrogen-bond donors (Lipinski definition) is 0. The van der Waals surface area contributed by atoms with Gasteiger partial charge in [0.1, 0.15) is 5.78 Å². The van der Waals surface area contributed by atoms with Crippen molar-refractivity contribution in [1.82, 2.24) is 0 Å². The number of rotatable bonds is 14. The Kier molecular flexibility index (Phi) is 12.4. The molecule has 0 N–H and O–H groups in total. The molecule has 0 spiro atoms. The standard InChI is InChI=1S/C22H38O3/c1-3-5-6-7-8-11-14-19-17-18-21(23)20(19)15-12-9-10-13-16-22(24)25-4-2/h13,16,19-20H,3-12,14-15,17-18H2,1-2H3/t19-,20+/m0/s1. The quantitative estimate of drug-likeness (QED) is 0.219. The molecule has 0 aromatic carbocycles. The SMILES string of the molecule is CCCCCCCC[C@H]1CCC(=O)[C@@H]1CCCCC=CC(=O)OCC. The van der Waals surface area contributed by atoms with Crippen LogP contribution < -0.4 is 0 Å². The van der Waals surface area contributed by atoms with Crippen molar-refractivity contribution in [3.05, 3.63) is 12.2 Å². The summed E-state index contributed by atoms with van der Waals surface area (Å²) in [4.78, 5) is 23.4. The van der Waals surface area contributed by atoms with Crippen molar-refractivity contribution in [3.63, 3.8) is 0 Å². The van der Waals surface area contributed by atoms with Crippen LogP contribution in [0.25, 0.3) is 0 Å². The van der Waals surface area contributed by atoms with Crippen LogP contribution in [0.2, 0.25) is 0 Å². The first kappa shape index (κ1) is 21.9. The second-order valence-corrected chi connectivity index (χ2v) is 7.37. The molecule has 0 radical (unpaired) electrons. The molecule has 0 aromatic heterocycles. The highest BCUT2D eigenvalue weighted by atomic mass is 16.5. The minimum Gasteiger partial charge on any atom is -0.463 e. The van der Waals surface area contributed by atoms with E-state index in [1.54, 1.807) is 0 Å². The highest BCUT2D eigenvalue weighted by molar-refractivity contribution is 5.83. The number of ether oxygens (including phenoxy) is 1. The Morgan fingerprint density at radius 2 is 1.76 bits per heavy atom. The van der Waals surface area contributed by atoms with Crippen LogP contribution in [-0.2, 0) is 14.3 Å². The van der Waals surface area contributed by atoms with E-state index in [9.17, 15) is 9.59 Å². The second kappa shape index (κ2) is 14.1. The normalized spacial score (nSPS) is 20.5. The van der Waals surface area contributed by atoms with E-state index in [2.05, 4.69) is 6.92 Å². The Balaban J connectivity index is 2.15. The number of Topliss-reactive ketones (excluding diaryl/α,β-unsaturated/α-hetero) is 1. The van der Waals surface area contributed by atoms with E-state index in [0.717, 1.165) is 38.5 Å². The highest BCUT2D eigenvalue weighted by Crippen LogP contribution is 2.36. The summed E-state index contributed by atoms with van der Waals surface area (Å²) in [5.74, 6) is 1.18. The molecule has 0 saturated heterocycles. The fraction of sp³-hybridized carbons (Fsp3) is 0.818. The van der Waals surface area contributed by atoms with Gasteiger partial charge in [0, 0.05) is 18.4 Å². The Labute approximate surface area is 154 Å². The first-order valence-corrected chi connectivity index (χ1v) is 10.5. The van der Waals surface area contributed by atoms with Gasteiger partial charge in [0.2, 0.25) is 0 Å². The lowest BCUT2D eigenvalue weighted by atomic mass is 9.86.